The van der Waals surface area contributed by atoms with Crippen molar-refractivity contribution in [3.05, 3.63) is 33.9 Å². The SMILES string of the molecule is CCNc1cccc(C(=O)N2CCC(CC)C2)c1[N+](=O)[O-]. The third kappa shape index (κ3) is 3.15. The number of amides is 1. The average Bonchev–Trinajstić information content (AvgIpc) is 2.95. The molecule has 21 heavy (non-hydrogen) atoms. The van der Waals surface area contributed by atoms with Crippen LogP contribution < -0.4 is 5.32 Å². The summed E-state index contributed by atoms with van der Waals surface area (Å²) in [5.74, 6) is 0.266. The third-order valence-electron chi connectivity index (χ3n) is 3.97. The van der Waals surface area contributed by atoms with E-state index in [9.17, 15) is 14.9 Å². The van der Waals surface area contributed by atoms with Crippen molar-refractivity contribution in [1.29, 1.82) is 0 Å². The summed E-state index contributed by atoms with van der Waals surface area (Å²) in [6.45, 7) is 5.91. The van der Waals surface area contributed by atoms with Gasteiger partial charge in [0.15, 0.2) is 0 Å². The van der Waals surface area contributed by atoms with Crippen molar-refractivity contribution in [3.63, 3.8) is 0 Å². The van der Waals surface area contributed by atoms with Crippen molar-refractivity contribution < 1.29 is 9.72 Å². The second-order valence-electron chi connectivity index (χ2n) is 5.30. The summed E-state index contributed by atoms with van der Waals surface area (Å²) in [7, 11) is 0. The molecule has 1 aliphatic heterocycles. The molecule has 1 unspecified atom stereocenters. The predicted octanol–water partition coefficient (Wildman–Crippen LogP) is 2.90. The topological polar surface area (TPSA) is 75.5 Å². The molecule has 6 heteroatoms. The van der Waals surface area contributed by atoms with Gasteiger partial charge in [-0.15, -0.1) is 0 Å². The Morgan fingerprint density at radius 1 is 1.48 bits per heavy atom. The van der Waals surface area contributed by atoms with E-state index in [-0.39, 0.29) is 17.2 Å². The lowest BCUT2D eigenvalue weighted by Gasteiger charge is -2.17. The largest absolute Gasteiger partial charge is 0.380 e. The molecule has 0 aromatic heterocycles. The van der Waals surface area contributed by atoms with E-state index in [0.29, 0.717) is 31.2 Å². The van der Waals surface area contributed by atoms with Crippen molar-refractivity contribution in [2.45, 2.75) is 26.7 Å². The van der Waals surface area contributed by atoms with E-state index in [2.05, 4.69) is 12.2 Å². The van der Waals surface area contributed by atoms with Crippen LogP contribution in [-0.4, -0.2) is 35.4 Å². The van der Waals surface area contributed by atoms with Gasteiger partial charge in [0.1, 0.15) is 11.3 Å². The van der Waals surface area contributed by atoms with Gasteiger partial charge in [0, 0.05) is 19.6 Å². The van der Waals surface area contributed by atoms with Gasteiger partial charge in [-0.2, -0.15) is 0 Å². The number of nitro benzene ring substituents is 1. The van der Waals surface area contributed by atoms with Gasteiger partial charge < -0.3 is 10.2 Å². The maximum Gasteiger partial charge on any atom is 0.305 e. The molecule has 1 aromatic rings. The van der Waals surface area contributed by atoms with Crippen LogP contribution in [0.4, 0.5) is 11.4 Å². The third-order valence-corrected chi connectivity index (χ3v) is 3.97. The number of anilines is 1. The molecule has 0 bridgehead atoms. The Morgan fingerprint density at radius 2 is 2.24 bits per heavy atom. The molecule has 114 valence electrons. The second kappa shape index (κ2) is 6.56. The molecule has 6 nitrogen and oxygen atoms in total. The first-order valence-corrected chi connectivity index (χ1v) is 7.39. The Balaban J connectivity index is 2.32. The first-order chi connectivity index (χ1) is 10.1. The highest BCUT2D eigenvalue weighted by atomic mass is 16.6. The van der Waals surface area contributed by atoms with Crippen LogP contribution in [0.15, 0.2) is 18.2 Å². The van der Waals surface area contributed by atoms with Gasteiger partial charge in [-0.25, -0.2) is 0 Å². The monoisotopic (exact) mass is 291 g/mol. The molecule has 0 radical (unpaired) electrons. The highest BCUT2D eigenvalue weighted by molar-refractivity contribution is 6.00. The average molecular weight is 291 g/mol. The summed E-state index contributed by atoms with van der Waals surface area (Å²) in [6.07, 6.45) is 2.01. The Labute approximate surface area is 124 Å². The van der Waals surface area contributed by atoms with E-state index < -0.39 is 4.92 Å². The van der Waals surface area contributed by atoms with Crippen LogP contribution in [0.2, 0.25) is 0 Å². The number of nitro groups is 1. The molecule has 2 rings (SSSR count). The molecule has 0 spiro atoms. The van der Waals surface area contributed by atoms with Crippen LogP contribution >= 0.6 is 0 Å². The Bertz CT molecular complexity index is 545. The van der Waals surface area contributed by atoms with Crippen LogP contribution in [0.3, 0.4) is 0 Å². The zero-order valence-corrected chi connectivity index (χ0v) is 12.5. The number of rotatable bonds is 5. The molecular formula is C15H21N3O3. The molecule has 1 atom stereocenters. The smallest absolute Gasteiger partial charge is 0.305 e. The zero-order chi connectivity index (χ0) is 15.4. The van der Waals surface area contributed by atoms with Gasteiger partial charge in [0.25, 0.3) is 5.91 Å². The zero-order valence-electron chi connectivity index (χ0n) is 12.5. The lowest BCUT2D eigenvalue weighted by atomic mass is 10.1. The van der Waals surface area contributed by atoms with E-state index in [0.717, 1.165) is 12.8 Å². The van der Waals surface area contributed by atoms with Crippen LogP contribution in [0.25, 0.3) is 0 Å². The molecular weight excluding hydrogens is 270 g/mol. The summed E-state index contributed by atoms with van der Waals surface area (Å²) < 4.78 is 0. The molecule has 1 heterocycles. The molecule has 1 amide bonds. The van der Waals surface area contributed by atoms with Crippen LogP contribution in [0.5, 0.6) is 0 Å². The number of benzene rings is 1. The number of carbonyl (C=O) groups excluding carboxylic acids is 1. The Morgan fingerprint density at radius 3 is 2.81 bits per heavy atom. The van der Waals surface area contributed by atoms with E-state index in [1.807, 2.05) is 6.92 Å². The van der Waals surface area contributed by atoms with Gasteiger partial charge >= 0.3 is 5.69 Å². The summed E-state index contributed by atoms with van der Waals surface area (Å²) in [6, 6.07) is 4.86. The minimum absolute atomic E-state index is 0.121. The summed E-state index contributed by atoms with van der Waals surface area (Å²) >= 11 is 0. The van der Waals surface area contributed by atoms with Gasteiger partial charge in [0.05, 0.1) is 4.92 Å². The normalized spacial score (nSPS) is 17.8. The standard InChI is InChI=1S/C15H21N3O3/c1-3-11-8-9-17(10-11)15(19)12-6-5-7-13(16-4-2)14(12)18(20)21/h5-7,11,16H,3-4,8-10H2,1-2H3. The fraction of sp³-hybridized carbons (Fsp3) is 0.533. The molecule has 1 aromatic carbocycles. The van der Waals surface area contributed by atoms with E-state index >= 15 is 0 Å². The molecule has 1 saturated heterocycles. The summed E-state index contributed by atoms with van der Waals surface area (Å²) in [4.78, 5) is 25.2. The Hall–Kier alpha value is -2.11. The number of hydrogen-bond acceptors (Lipinski definition) is 4. The van der Waals surface area contributed by atoms with Crippen molar-refractivity contribution in [3.8, 4) is 0 Å². The summed E-state index contributed by atoms with van der Waals surface area (Å²) in [5.41, 5.74) is 0.457. The lowest BCUT2D eigenvalue weighted by molar-refractivity contribution is -0.384. The number of nitrogens with zero attached hydrogens (tertiary/aromatic N) is 2. The second-order valence-corrected chi connectivity index (χ2v) is 5.30. The number of para-hydroxylation sites is 1. The molecule has 0 saturated carbocycles. The van der Waals surface area contributed by atoms with Crippen LogP contribution in [0, 0.1) is 16.0 Å². The predicted molar refractivity (Wildman–Crippen MR) is 81.6 cm³/mol. The van der Waals surface area contributed by atoms with Gasteiger partial charge in [-0.1, -0.05) is 19.4 Å². The number of nitrogens with one attached hydrogen (secondary N) is 1. The van der Waals surface area contributed by atoms with Gasteiger partial charge in [-0.3, -0.25) is 14.9 Å². The van der Waals surface area contributed by atoms with Crippen molar-refractivity contribution in [1.82, 2.24) is 4.90 Å². The van der Waals surface area contributed by atoms with E-state index in [4.69, 9.17) is 0 Å². The fourth-order valence-corrected chi connectivity index (χ4v) is 2.77. The quantitative estimate of drug-likeness (QED) is 0.668. The van der Waals surface area contributed by atoms with E-state index in [1.165, 1.54) is 0 Å². The summed E-state index contributed by atoms with van der Waals surface area (Å²) in [5, 5.41) is 14.3. The molecule has 1 N–H and O–H groups in total. The highest BCUT2D eigenvalue weighted by Crippen LogP contribution is 2.31. The number of likely N-dealkylation sites (tertiary alicyclic amines) is 1. The number of hydrogen-bond donors (Lipinski definition) is 1. The van der Waals surface area contributed by atoms with E-state index in [1.54, 1.807) is 23.1 Å². The highest BCUT2D eigenvalue weighted by Gasteiger charge is 2.31. The minimum atomic E-state index is -0.474. The van der Waals surface area contributed by atoms with Gasteiger partial charge in [0.2, 0.25) is 0 Å². The molecule has 1 fully saturated rings. The molecule has 1 aliphatic rings. The van der Waals surface area contributed by atoms with Crippen molar-refractivity contribution in [2.75, 3.05) is 25.0 Å². The first-order valence-electron chi connectivity index (χ1n) is 7.39. The maximum absolute atomic E-state index is 12.6. The maximum atomic E-state index is 12.6. The minimum Gasteiger partial charge on any atom is -0.380 e. The van der Waals surface area contributed by atoms with Crippen LogP contribution in [-0.2, 0) is 0 Å². The van der Waals surface area contributed by atoms with Crippen LogP contribution in [0.1, 0.15) is 37.0 Å². The first kappa shape index (κ1) is 15.3. The van der Waals surface area contributed by atoms with Crippen molar-refractivity contribution in [2.24, 2.45) is 5.92 Å². The fourth-order valence-electron chi connectivity index (χ4n) is 2.77. The number of carbonyl (C=O) groups is 1. The lowest BCUT2D eigenvalue weighted by Crippen LogP contribution is -2.29. The Kier molecular flexibility index (Phi) is 4.77. The molecule has 0 aliphatic carbocycles. The van der Waals surface area contributed by atoms with Crippen molar-refractivity contribution >= 4 is 17.3 Å². The van der Waals surface area contributed by atoms with Gasteiger partial charge in [-0.05, 0) is 31.4 Å².